The van der Waals surface area contributed by atoms with Crippen molar-refractivity contribution >= 4 is 17.9 Å². The maximum Gasteiger partial charge on any atom is 0.306 e. The van der Waals surface area contributed by atoms with Gasteiger partial charge in [-0.15, -0.1) is 0 Å². The molecule has 0 aromatic rings. The maximum atomic E-state index is 12.9. The number of carbonyl (C=O) groups is 3. The molecule has 0 aliphatic carbocycles. The van der Waals surface area contributed by atoms with E-state index < -0.39 is 6.10 Å². The summed E-state index contributed by atoms with van der Waals surface area (Å²) in [5.74, 6) is -0.981. The van der Waals surface area contributed by atoms with Gasteiger partial charge in [-0.25, -0.2) is 0 Å². The first-order chi connectivity index (χ1) is 40.0. The van der Waals surface area contributed by atoms with Crippen molar-refractivity contribution < 1.29 is 28.6 Å². The third kappa shape index (κ3) is 66.5. The Kier molecular flexibility index (Phi) is 64.8. The van der Waals surface area contributed by atoms with Gasteiger partial charge in [0.1, 0.15) is 13.2 Å². The zero-order chi connectivity index (χ0) is 58.5. The van der Waals surface area contributed by atoms with Gasteiger partial charge in [0, 0.05) is 19.3 Å². The molecule has 0 radical (unpaired) electrons. The van der Waals surface area contributed by atoms with Crippen molar-refractivity contribution in [2.45, 2.75) is 322 Å². The van der Waals surface area contributed by atoms with Gasteiger partial charge >= 0.3 is 17.9 Å². The maximum absolute atomic E-state index is 12.9. The van der Waals surface area contributed by atoms with Crippen LogP contribution in [-0.2, 0) is 28.6 Å². The fourth-order valence-corrected chi connectivity index (χ4v) is 9.46. The average molecular weight is 1120 g/mol. The van der Waals surface area contributed by atoms with Crippen LogP contribution in [0.25, 0.3) is 0 Å². The summed E-state index contributed by atoms with van der Waals surface area (Å²) in [5.41, 5.74) is 0. The minimum atomic E-state index is -0.821. The normalized spacial score (nSPS) is 12.9. The zero-order valence-electron chi connectivity index (χ0n) is 53.0. The molecule has 0 aliphatic heterocycles. The van der Waals surface area contributed by atoms with E-state index in [4.69, 9.17) is 14.2 Å². The Balaban J connectivity index is 4.40. The molecule has 0 bridgehead atoms. The zero-order valence-corrected chi connectivity index (χ0v) is 53.0. The summed E-state index contributed by atoms with van der Waals surface area (Å²) in [4.78, 5) is 38.4. The Hall–Kier alpha value is -4.19. The molecule has 0 aliphatic rings. The Morgan fingerprint density at radius 2 is 0.506 bits per heavy atom. The number of rotatable bonds is 61. The summed E-state index contributed by atoms with van der Waals surface area (Å²) in [6.45, 7) is 6.39. The average Bonchev–Trinajstić information content (AvgIpc) is 3.47. The lowest BCUT2D eigenvalue weighted by atomic mass is 10.0. The molecule has 6 nitrogen and oxygen atoms in total. The fourth-order valence-electron chi connectivity index (χ4n) is 9.46. The molecule has 462 valence electrons. The van der Waals surface area contributed by atoms with Crippen molar-refractivity contribution in [1.29, 1.82) is 0 Å². The highest BCUT2D eigenvalue weighted by molar-refractivity contribution is 5.71. The molecule has 0 N–H and O–H groups in total. The molecule has 0 aromatic heterocycles. The Morgan fingerprint density at radius 1 is 0.259 bits per heavy atom. The van der Waals surface area contributed by atoms with Crippen LogP contribution in [-0.4, -0.2) is 37.2 Å². The van der Waals surface area contributed by atoms with Crippen LogP contribution in [0.2, 0.25) is 0 Å². The molecule has 1 unspecified atom stereocenters. The van der Waals surface area contributed by atoms with Gasteiger partial charge in [-0.2, -0.15) is 0 Å². The van der Waals surface area contributed by atoms with Crippen molar-refractivity contribution in [3.63, 3.8) is 0 Å². The first kappa shape index (κ1) is 76.8. The number of unbranched alkanes of at least 4 members (excludes halogenated alkanes) is 30. The second-order valence-electron chi connectivity index (χ2n) is 22.3. The standard InChI is InChI=1S/C75H126O6/c1-4-7-10-13-16-19-22-25-28-31-33-34-35-36-37-38-39-40-42-44-47-50-53-56-59-62-65-68-74(77)80-71-72(70-79-73(76)67-64-61-58-55-52-49-46-43-30-27-24-21-18-15-12-9-6-3)81-75(78)69-66-63-60-57-54-51-48-45-41-32-29-26-23-20-17-14-11-8-5-2/h7-8,10-11,16-17,19-20,25-26,28-29,33-34,41,45,51,54,60,63,72H,4-6,9,12-15,18,21-24,27,30-32,35-40,42-44,46-50,52-53,55-59,61-62,64-71H2,1-3H3/b10-7-,11-8-,19-16-,20-17-,28-25-,29-26-,34-33-,45-41-,54-51-,63-60-. The van der Waals surface area contributed by atoms with Gasteiger partial charge in [-0.3, -0.25) is 14.4 Å². The third-order valence-corrected chi connectivity index (χ3v) is 14.5. The third-order valence-electron chi connectivity index (χ3n) is 14.5. The number of esters is 3. The van der Waals surface area contributed by atoms with E-state index in [2.05, 4.69) is 136 Å². The summed E-state index contributed by atoms with van der Waals surface area (Å²) in [6, 6.07) is 0. The monoisotopic (exact) mass is 1120 g/mol. The Labute approximate surface area is 501 Å². The molecule has 0 fully saturated rings. The van der Waals surface area contributed by atoms with Crippen molar-refractivity contribution in [1.82, 2.24) is 0 Å². The SMILES string of the molecule is CC/C=C\C/C=C\C/C=C\C/C=C\C/C=C\C/C=C\CCC(=O)OC(COC(=O)CCCCCCCCCCCCCCCC/C=C\C/C=C\C/C=C\C/C=C\CC)COC(=O)CCCCCCCCCCCCCCCCCCC. The number of hydrogen-bond donors (Lipinski definition) is 0. The molecule has 1 atom stereocenters. The van der Waals surface area contributed by atoms with E-state index in [1.54, 1.807) is 0 Å². The van der Waals surface area contributed by atoms with Gasteiger partial charge < -0.3 is 14.2 Å². The number of allylic oxidation sites excluding steroid dienone is 20. The number of carbonyl (C=O) groups excluding carboxylic acids is 3. The van der Waals surface area contributed by atoms with E-state index in [1.165, 1.54) is 167 Å². The van der Waals surface area contributed by atoms with Crippen LogP contribution in [0.3, 0.4) is 0 Å². The second-order valence-corrected chi connectivity index (χ2v) is 22.3. The van der Waals surface area contributed by atoms with Gasteiger partial charge in [0.2, 0.25) is 0 Å². The van der Waals surface area contributed by atoms with Crippen LogP contribution in [0, 0.1) is 0 Å². The van der Waals surface area contributed by atoms with Gasteiger partial charge in [0.15, 0.2) is 6.10 Å². The molecule has 0 spiro atoms. The van der Waals surface area contributed by atoms with Crippen LogP contribution < -0.4 is 0 Å². The van der Waals surface area contributed by atoms with Crippen LogP contribution >= 0.6 is 0 Å². The highest BCUT2D eigenvalue weighted by Crippen LogP contribution is 2.17. The van der Waals surface area contributed by atoms with Crippen LogP contribution in [0.5, 0.6) is 0 Å². The lowest BCUT2D eigenvalue weighted by molar-refractivity contribution is -0.166. The molecular formula is C75H126O6. The highest BCUT2D eigenvalue weighted by Gasteiger charge is 2.19. The summed E-state index contributed by atoms with van der Waals surface area (Å²) >= 11 is 0. The molecular weight excluding hydrogens is 997 g/mol. The number of ether oxygens (including phenoxy) is 3. The fraction of sp³-hybridized carbons (Fsp3) is 0.693. The molecule has 0 saturated carbocycles. The largest absolute Gasteiger partial charge is 0.462 e. The van der Waals surface area contributed by atoms with E-state index in [-0.39, 0.29) is 37.5 Å². The second kappa shape index (κ2) is 68.3. The van der Waals surface area contributed by atoms with Crippen molar-refractivity contribution in [2.24, 2.45) is 0 Å². The van der Waals surface area contributed by atoms with E-state index in [0.29, 0.717) is 19.3 Å². The molecule has 6 heteroatoms. The Morgan fingerprint density at radius 3 is 0.802 bits per heavy atom. The molecule has 0 saturated heterocycles. The highest BCUT2D eigenvalue weighted by atomic mass is 16.6. The van der Waals surface area contributed by atoms with Crippen LogP contribution in [0.4, 0.5) is 0 Å². The molecule has 0 heterocycles. The lowest BCUT2D eigenvalue weighted by Crippen LogP contribution is -2.30. The minimum absolute atomic E-state index is 0.107. The lowest BCUT2D eigenvalue weighted by Gasteiger charge is -2.18. The van der Waals surface area contributed by atoms with Crippen molar-refractivity contribution in [3.05, 3.63) is 122 Å². The molecule has 81 heavy (non-hydrogen) atoms. The van der Waals surface area contributed by atoms with E-state index >= 15 is 0 Å². The predicted octanol–water partition coefficient (Wildman–Crippen LogP) is 23.6. The minimum Gasteiger partial charge on any atom is -0.462 e. The van der Waals surface area contributed by atoms with Crippen LogP contribution in [0.15, 0.2) is 122 Å². The van der Waals surface area contributed by atoms with Gasteiger partial charge in [0.25, 0.3) is 0 Å². The first-order valence-electron chi connectivity index (χ1n) is 34.0. The van der Waals surface area contributed by atoms with Gasteiger partial charge in [-0.05, 0) is 96.3 Å². The summed E-state index contributed by atoms with van der Waals surface area (Å²) in [7, 11) is 0. The molecule has 0 rings (SSSR count). The van der Waals surface area contributed by atoms with Crippen LogP contribution in [0.1, 0.15) is 316 Å². The van der Waals surface area contributed by atoms with Crippen molar-refractivity contribution in [2.75, 3.05) is 13.2 Å². The first-order valence-corrected chi connectivity index (χ1v) is 34.0. The molecule has 0 amide bonds. The smallest absolute Gasteiger partial charge is 0.306 e. The summed E-state index contributed by atoms with van der Waals surface area (Å²) < 4.78 is 16.9. The quantitative estimate of drug-likeness (QED) is 0.0261. The van der Waals surface area contributed by atoms with E-state index in [1.807, 2.05) is 6.08 Å². The Bertz CT molecular complexity index is 1670. The summed E-state index contributed by atoms with van der Waals surface area (Å²) in [5, 5.41) is 0. The molecule has 0 aromatic carbocycles. The predicted molar refractivity (Wildman–Crippen MR) is 353 cm³/mol. The number of hydrogen-bond acceptors (Lipinski definition) is 6. The van der Waals surface area contributed by atoms with Gasteiger partial charge in [0.05, 0.1) is 0 Å². The van der Waals surface area contributed by atoms with Gasteiger partial charge in [-0.1, -0.05) is 322 Å². The van der Waals surface area contributed by atoms with E-state index in [9.17, 15) is 14.4 Å². The van der Waals surface area contributed by atoms with Crippen molar-refractivity contribution in [3.8, 4) is 0 Å². The topological polar surface area (TPSA) is 78.9 Å². The summed E-state index contributed by atoms with van der Waals surface area (Å²) in [6.07, 6.45) is 95.1. The van der Waals surface area contributed by atoms with E-state index in [0.717, 1.165) is 103 Å².